The summed E-state index contributed by atoms with van der Waals surface area (Å²) in [5, 5.41) is 18.2. The minimum atomic E-state index is -0.783. The second-order valence-electron chi connectivity index (χ2n) is 10.9. The van der Waals surface area contributed by atoms with E-state index in [2.05, 4.69) is 26.1 Å². The third-order valence-electron chi connectivity index (χ3n) is 8.07. The molecule has 2 aromatic carbocycles. The van der Waals surface area contributed by atoms with Gasteiger partial charge in [-0.1, -0.05) is 41.7 Å². The van der Waals surface area contributed by atoms with Crippen molar-refractivity contribution in [3.05, 3.63) is 66.0 Å². The van der Waals surface area contributed by atoms with Gasteiger partial charge in [0.1, 0.15) is 16.9 Å². The molecule has 3 aromatic rings. The minimum absolute atomic E-state index is 0.143. The molecule has 4 aliphatic rings. The number of nitrogens with one attached hydrogen (secondary N) is 3. The molecule has 1 atom stereocenters. The van der Waals surface area contributed by atoms with Gasteiger partial charge in [0.2, 0.25) is 11.0 Å². The van der Waals surface area contributed by atoms with Crippen LogP contribution in [0.1, 0.15) is 44.1 Å². The van der Waals surface area contributed by atoms with E-state index in [9.17, 15) is 14.0 Å². The van der Waals surface area contributed by atoms with Crippen LogP contribution in [-0.4, -0.2) is 33.7 Å². The summed E-state index contributed by atoms with van der Waals surface area (Å²) < 4.78 is 13.3. The number of nitrogens with zero attached hydrogens (tertiary/aromatic N) is 2. The summed E-state index contributed by atoms with van der Waals surface area (Å²) in [6.45, 7) is 0. The lowest BCUT2D eigenvalue weighted by Crippen LogP contribution is -2.62. The maximum absolute atomic E-state index is 13.3. The van der Waals surface area contributed by atoms with Gasteiger partial charge in [-0.05, 0) is 86.1 Å². The van der Waals surface area contributed by atoms with Crippen molar-refractivity contribution in [3.63, 3.8) is 0 Å². The fraction of sp³-hybridized carbons (Fsp3) is 0.429. The van der Waals surface area contributed by atoms with Gasteiger partial charge in [0.25, 0.3) is 0 Å². The number of amides is 3. The van der Waals surface area contributed by atoms with Crippen LogP contribution in [0.5, 0.6) is 0 Å². The van der Waals surface area contributed by atoms with Crippen LogP contribution in [0, 0.1) is 23.6 Å². The van der Waals surface area contributed by atoms with Gasteiger partial charge in [-0.3, -0.25) is 10.1 Å². The Bertz CT molecular complexity index is 1240. The highest BCUT2D eigenvalue weighted by Gasteiger charge is 2.51. The van der Waals surface area contributed by atoms with E-state index in [4.69, 9.17) is 0 Å². The molecule has 0 aliphatic heterocycles. The Morgan fingerprint density at radius 2 is 1.59 bits per heavy atom. The van der Waals surface area contributed by atoms with E-state index in [1.807, 2.05) is 30.3 Å². The Labute approximate surface area is 219 Å². The fourth-order valence-corrected chi connectivity index (χ4v) is 7.69. The van der Waals surface area contributed by atoms with E-state index in [-0.39, 0.29) is 23.3 Å². The summed E-state index contributed by atoms with van der Waals surface area (Å²) in [5.41, 5.74) is 1.52. The molecular weight excluding hydrogens is 489 g/mol. The lowest BCUT2D eigenvalue weighted by atomic mass is 9.53. The molecule has 4 fully saturated rings. The van der Waals surface area contributed by atoms with Crippen molar-refractivity contribution in [2.24, 2.45) is 17.8 Å². The first-order chi connectivity index (χ1) is 17.9. The number of benzene rings is 2. The van der Waals surface area contributed by atoms with Crippen LogP contribution >= 0.6 is 11.3 Å². The molecule has 3 amide bonds. The first kappa shape index (κ1) is 24.0. The van der Waals surface area contributed by atoms with Crippen LogP contribution in [0.15, 0.2) is 54.6 Å². The Morgan fingerprint density at radius 1 is 0.946 bits per heavy atom. The highest BCUT2D eigenvalue weighted by atomic mass is 32.1. The van der Waals surface area contributed by atoms with E-state index < -0.39 is 6.04 Å². The van der Waals surface area contributed by atoms with E-state index in [0.29, 0.717) is 39.9 Å². The number of hydrogen-bond donors (Lipinski definition) is 3. The van der Waals surface area contributed by atoms with Gasteiger partial charge < -0.3 is 10.6 Å². The molecule has 4 aliphatic carbocycles. The summed E-state index contributed by atoms with van der Waals surface area (Å²) >= 11 is 1.20. The molecule has 0 radical (unpaired) electrons. The molecule has 1 unspecified atom stereocenters. The van der Waals surface area contributed by atoms with Gasteiger partial charge in [0, 0.05) is 17.5 Å². The van der Waals surface area contributed by atoms with Crippen molar-refractivity contribution < 1.29 is 14.0 Å². The van der Waals surface area contributed by atoms with Gasteiger partial charge in [-0.15, -0.1) is 10.2 Å². The highest BCUT2D eigenvalue weighted by molar-refractivity contribution is 7.18. The Hall–Kier alpha value is -3.33. The summed E-state index contributed by atoms with van der Waals surface area (Å²) in [6.07, 6.45) is 7.36. The molecule has 192 valence electrons. The predicted octanol–water partition coefficient (Wildman–Crippen LogP) is 5.16. The summed E-state index contributed by atoms with van der Waals surface area (Å²) in [4.78, 5) is 26.6. The second-order valence-corrected chi connectivity index (χ2v) is 11.9. The van der Waals surface area contributed by atoms with Crippen LogP contribution in [0.25, 0.3) is 10.6 Å². The first-order valence-electron chi connectivity index (χ1n) is 13.0. The number of halogens is 1. The number of aromatic nitrogens is 2. The fourth-order valence-electron chi connectivity index (χ4n) is 6.93. The average Bonchev–Trinajstić information content (AvgIpc) is 3.32. The van der Waals surface area contributed by atoms with E-state index in [1.54, 1.807) is 12.1 Å². The molecule has 1 heterocycles. The maximum Gasteiger partial charge on any atom is 0.315 e. The van der Waals surface area contributed by atoms with Crippen molar-refractivity contribution in [1.29, 1.82) is 0 Å². The zero-order valence-electron chi connectivity index (χ0n) is 20.5. The Balaban J connectivity index is 1.15. The highest BCUT2D eigenvalue weighted by Crippen LogP contribution is 2.55. The van der Waals surface area contributed by atoms with Crippen molar-refractivity contribution >= 4 is 28.4 Å². The molecule has 0 saturated heterocycles. The quantitative estimate of drug-likeness (QED) is 0.402. The molecule has 4 saturated carbocycles. The lowest BCUT2D eigenvalue weighted by molar-refractivity contribution is -0.118. The van der Waals surface area contributed by atoms with Crippen LogP contribution < -0.4 is 16.0 Å². The normalized spacial score (nSPS) is 26.5. The maximum atomic E-state index is 13.3. The van der Waals surface area contributed by atoms with Gasteiger partial charge in [-0.25, -0.2) is 9.18 Å². The number of urea groups is 1. The summed E-state index contributed by atoms with van der Waals surface area (Å²) in [7, 11) is 0. The molecule has 9 heteroatoms. The number of carbonyl (C=O) groups excluding carboxylic acids is 2. The topological polar surface area (TPSA) is 96.0 Å². The van der Waals surface area contributed by atoms with Crippen LogP contribution in [0.2, 0.25) is 0 Å². The van der Waals surface area contributed by atoms with Crippen molar-refractivity contribution in [2.45, 2.75) is 56.5 Å². The summed E-state index contributed by atoms with van der Waals surface area (Å²) in [6, 6.07) is 14.5. The van der Waals surface area contributed by atoms with E-state index >= 15 is 0 Å². The lowest BCUT2D eigenvalue weighted by Gasteiger charge is -2.56. The predicted molar refractivity (Wildman–Crippen MR) is 140 cm³/mol. The van der Waals surface area contributed by atoms with Gasteiger partial charge >= 0.3 is 6.03 Å². The van der Waals surface area contributed by atoms with Crippen molar-refractivity contribution in [2.75, 3.05) is 5.32 Å². The molecule has 4 bridgehead atoms. The zero-order valence-corrected chi connectivity index (χ0v) is 21.3. The van der Waals surface area contributed by atoms with Gasteiger partial charge in [0.05, 0.1) is 0 Å². The molecule has 37 heavy (non-hydrogen) atoms. The van der Waals surface area contributed by atoms with Crippen LogP contribution in [-0.2, 0) is 11.2 Å². The number of hydrogen-bond acceptors (Lipinski definition) is 5. The molecule has 7 nitrogen and oxygen atoms in total. The van der Waals surface area contributed by atoms with Crippen LogP contribution in [0.3, 0.4) is 0 Å². The van der Waals surface area contributed by atoms with Crippen molar-refractivity contribution in [3.8, 4) is 10.6 Å². The van der Waals surface area contributed by atoms with Crippen molar-refractivity contribution in [1.82, 2.24) is 20.8 Å². The Morgan fingerprint density at radius 3 is 2.24 bits per heavy atom. The number of rotatable bonds is 7. The SMILES string of the molecule is O=C(NC(Cc1ccccc1)C(=O)Nc1nnc(-c2ccc(F)cc2)s1)NC12CC3CC(CC(C3)C1)C2. The minimum Gasteiger partial charge on any atom is -0.333 e. The largest absolute Gasteiger partial charge is 0.333 e. The third-order valence-corrected chi connectivity index (χ3v) is 8.96. The molecule has 3 N–H and O–H groups in total. The summed E-state index contributed by atoms with van der Waals surface area (Å²) in [5.74, 6) is 1.45. The molecule has 1 aromatic heterocycles. The molecule has 0 spiro atoms. The van der Waals surface area contributed by atoms with E-state index in [0.717, 1.165) is 24.8 Å². The third kappa shape index (κ3) is 5.37. The smallest absolute Gasteiger partial charge is 0.315 e. The molecule has 7 rings (SSSR count). The first-order valence-corrected chi connectivity index (χ1v) is 13.8. The zero-order chi connectivity index (χ0) is 25.4. The van der Waals surface area contributed by atoms with E-state index in [1.165, 1.54) is 42.7 Å². The number of carbonyl (C=O) groups is 2. The van der Waals surface area contributed by atoms with Gasteiger partial charge in [-0.2, -0.15) is 0 Å². The standard InChI is InChI=1S/C28H30FN5O2S/c29-22-8-6-21(7-9-22)25-33-34-27(37-25)31-24(35)23(13-17-4-2-1-3-5-17)30-26(36)32-28-14-18-10-19(15-28)12-20(11-18)16-28/h1-9,18-20,23H,10-16H2,(H2,30,32,36)(H,31,34,35). The second kappa shape index (κ2) is 9.85. The monoisotopic (exact) mass is 519 g/mol. The molecular formula is C28H30FN5O2S. The van der Waals surface area contributed by atoms with Crippen LogP contribution in [0.4, 0.5) is 14.3 Å². The average molecular weight is 520 g/mol. The number of anilines is 1. The van der Waals surface area contributed by atoms with Gasteiger partial charge in [0.15, 0.2) is 0 Å². The Kier molecular flexibility index (Phi) is 6.40.